The second-order valence-corrected chi connectivity index (χ2v) is 6.19. The van der Waals surface area contributed by atoms with Crippen molar-refractivity contribution >= 4 is 5.97 Å². The van der Waals surface area contributed by atoms with E-state index >= 15 is 0 Å². The topological polar surface area (TPSA) is 57.0 Å². The zero-order chi connectivity index (χ0) is 14.7. The van der Waals surface area contributed by atoms with Crippen molar-refractivity contribution in [1.82, 2.24) is 15.0 Å². The van der Waals surface area contributed by atoms with Gasteiger partial charge in [-0.1, -0.05) is 27.2 Å². The number of hydrogen-bond donors (Lipinski definition) is 0. The second-order valence-electron chi connectivity index (χ2n) is 6.19. The Morgan fingerprint density at radius 3 is 2.85 bits per heavy atom. The van der Waals surface area contributed by atoms with Gasteiger partial charge in [-0.25, -0.2) is 4.79 Å². The third kappa shape index (κ3) is 3.38. The molecule has 0 saturated heterocycles. The van der Waals surface area contributed by atoms with Crippen LogP contribution in [0.25, 0.3) is 0 Å². The van der Waals surface area contributed by atoms with Crippen LogP contribution in [0.15, 0.2) is 6.20 Å². The van der Waals surface area contributed by atoms with Gasteiger partial charge < -0.3 is 4.74 Å². The molecule has 0 aliphatic heterocycles. The first kappa shape index (κ1) is 15.0. The number of rotatable bonds is 4. The molecule has 1 saturated carbocycles. The van der Waals surface area contributed by atoms with E-state index in [0.29, 0.717) is 30.0 Å². The first-order valence-electron chi connectivity index (χ1n) is 7.62. The zero-order valence-corrected chi connectivity index (χ0v) is 12.9. The highest BCUT2D eigenvalue weighted by Gasteiger charge is 2.34. The quantitative estimate of drug-likeness (QED) is 0.795. The van der Waals surface area contributed by atoms with Crippen molar-refractivity contribution in [3.05, 3.63) is 11.9 Å². The van der Waals surface area contributed by atoms with Gasteiger partial charge in [-0.3, -0.25) is 0 Å². The predicted octanol–water partition coefficient (Wildman–Crippen LogP) is 2.92. The summed E-state index contributed by atoms with van der Waals surface area (Å²) in [5, 5.41) is 8.14. The Balaban J connectivity index is 2.03. The third-order valence-electron chi connectivity index (χ3n) is 4.25. The lowest BCUT2D eigenvalue weighted by molar-refractivity contribution is -0.0179. The first-order chi connectivity index (χ1) is 9.51. The number of hydrogen-bond acceptors (Lipinski definition) is 4. The van der Waals surface area contributed by atoms with Gasteiger partial charge in [0.15, 0.2) is 5.69 Å². The van der Waals surface area contributed by atoms with Crippen molar-refractivity contribution in [3.8, 4) is 0 Å². The maximum atomic E-state index is 12.2. The average molecular weight is 279 g/mol. The van der Waals surface area contributed by atoms with Crippen molar-refractivity contribution in [2.24, 2.45) is 17.8 Å². The Bertz CT molecular complexity index is 456. The molecular weight excluding hydrogens is 254 g/mol. The summed E-state index contributed by atoms with van der Waals surface area (Å²) in [6, 6.07) is 0. The molecule has 3 atom stereocenters. The van der Waals surface area contributed by atoms with Crippen molar-refractivity contribution in [3.63, 3.8) is 0 Å². The number of aryl methyl sites for hydroxylation is 1. The number of aromatic nitrogens is 3. The normalized spacial score (nSPS) is 26.8. The SMILES string of the molecule is CCn1ncc(C(=O)O[C@H]2C[C@@H](C)CC[C@@H]2C(C)C)n1. The average Bonchev–Trinajstić information content (AvgIpc) is 2.87. The van der Waals surface area contributed by atoms with Crippen molar-refractivity contribution < 1.29 is 9.53 Å². The molecule has 0 spiro atoms. The predicted molar refractivity (Wildman–Crippen MR) is 76.2 cm³/mol. The van der Waals surface area contributed by atoms with Crippen molar-refractivity contribution in [2.75, 3.05) is 0 Å². The highest BCUT2D eigenvalue weighted by Crippen LogP contribution is 2.35. The molecule has 1 aromatic rings. The van der Waals surface area contributed by atoms with Crippen LogP contribution in [-0.2, 0) is 11.3 Å². The van der Waals surface area contributed by atoms with Crippen LogP contribution in [0.1, 0.15) is 57.4 Å². The summed E-state index contributed by atoms with van der Waals surface area (Å²) < 4.78 is 5.72. The van der Waals surface area contributed by atoms with Gasteiger partial charge >= 0.3 is 5.97 Å². The molecule has 1 fully saturated rings. The minimum atomic E-state index is -0.338. The number of esters is 1. The van der Waals surface area contributed by atoms with Gasteiger partial charge in [0.2, 0.25) is 0 Å². The van der Waals surface area contributed by atoms with Crippen LogP contribution in [0.3, 0.4) is 0 Å². The fourth-order valence-electron chi connectivity index (χ4n) is 2.99. The smallest absolute Gasteiger partial charge is 0.360 e. The lowest BCUT2D eigenvalue weighted by Gasteiger charge is -2.36. The van der Waals surface area contributed by atoms with Gasteiger partial charge in [-0.2, -0.15) is 9.90 Å². The molecule has 5 nitrogen and oxygen atoms in total. The van der Waals surface area contributed by atoms with Gasteiger partial charge in [0, 0.05) is 0 Å². The summed E-state index contributed by atoms with van der Waals surface area (Å²) in [6.07, 6.45) is 4.82. The van der Waals surface area contributed by atoms with Crippen LogP contribution in [-0.4, -0.2) is 27.1 Å². The van der Waals surface area contributed by atoms with Crippen LogP contribution >= 0.6 is 0 Å². The largest absolute Gasteiger partial charge is 0.457 e. The van der Waals surface area contributed by atoms with E-state index in [1.165, 1.54) is 17.4 Å². The van der Waals surface area contributed by atoms with Gasteiger partial charge in [-0.15, -0.1) is 5.10 Å². The summed E-state index contributed by atoms with van der Waals surface area (Å²) in [4.78, 5) is 13.7. The molecule has 112 valence electrons. The summed E-state index contributed by atoms with van der Waals surface area (Å²) in [5.74, 6) is 1.27. The zero-order valence-electron chi connectivity index (χ0n) is 12.9. The number of nitrogens with zero attached hydrogens (tertiary/aromatic N) is 3. The second kappa shape index (κ2) is 6.37. The third-order valence-corrected chi connectivity index (χ3v) is 4.25. The Kier molecular flexibility index (Phi) is 4.78. The summed E-state index contributed by atoms with van der Waals surface area (Å²) in [6.45, 7) is 9.23. The van der Waals surface area contributed by atoms with E-state index in [1.54, 1.807) is 0 Å². The van der Waals surface area contributed by atoms with E-state index < -0.39 is 0 Å². The van der Waals surface area contributed by atoms with Crippen molar-refractivity contribution in [2.45, 2.75) is 59.6 Å². The fraction of sp³-hybridized carbons (Fsp3) is 0.800. The molecule has 0 bridgehead atoms. The fourth-order valence-corrected chi connectivity index (χ4v) is 2.99. The molecule has 1 heterocycles. The van der Waals surface area contributed by atoms with Gasteiger partial charge in [0.25, 0.3) is 0 Å². The molecule has 1 aliphatic carbocycles. The van der Waals surface area contributed by atoms with E-state index in [4.69, 9.17) is 4.74 Å². The highest BCUT2D eigenvalue weighted by atomic mass is 16.5. The molecule has 1 aromatic heterocycles. The first-order valence-corrected chi connectivity index (χ1v) is 7.62. The summed E-state index contributed by atoms with van der Waals surface area (Å²) in [5.41, 5.74) is 0.313. The Labute approximate surface area is 120 Å². The highest BCUT2D eigenvalue weighted by molar-refractivity contribution is 5.86. The van der Waals surface area contributed by atoms with Gasteiger partial charge in [0.1, 0.15) is 6.10 Å². The number of ether oxygens (including phenoxy) is 1. The molecule has 2 rings (SSSR count). The Hall–Kier alpha value is -1.39. The maximum Gasteiger partial charge on any atom is 0.360 e. The van der Waals surface area contributed by atoms with E-state index in [2.05, 4.69) is 31.0 Å². The van der Waals surface area contributed by atoms with E-state index in [1.807, 2.05) is 6.92 Å². The standard InChI is InChI=1S/C15H25N3O2/c1-5-18-16-9-13(17-18)15(19)20-14-8-11(4)6-7-12(14)10(2)3/h9-12,14H,5-8H2,1-4H3/t11-,12+,14-/m0/s1. The van der Waals surface area contributed by atoms with Crippen LogP contribution in [0.2, 0.25) is 0 Å². The minimum Gasteiger partial charge on any atom is -0.457 e. The molecule has 0 unspecified atom stereocenters. The Morgan fingerprint density at radius 1 is 1.50 bits per heavy atom. The molecule has 20 heavy (non-hydrogen) atoms. The number of carbonyl (C=O) groups excluding carboxylic acids is 1. The van der Waals surface area contributed by atoms with Crippen LogP contribution in [0.5, 0.6) is 0 Å². The molecular formula is C15H25N3O2. The van der Waals surface area contributed by atoms with E-state index in [9.17, 15) is 4.79 Å². The van der Waals surface area contributed by atoms with Gasteiger partial charge in [-0.05, 0) is 37.5 Å². The summed E-state index contributed by atoms with van der Waals surface area (Å²) >= 11 is 0. The van der Waals surface area contributed by atoms with Crippen LogP contribution in [0, 0.1) is 17.8 Å². The molecule has 0 aromatic carbocycles. The molecule has 0 amide bonds. The molecule has 0 radical (unpaired) electrons. The molecule has 0 N–H and O–H groups in total. The maximum absolute atomic E-state index is 12.2. The number of carbonyl (C=O) groups is 1. The Morgan fingerprint density at radius 2 is 2.25 bits per heavy atom. The monoisotopic (exact) mass is 279 g/mol. The van der Waals surface area contributed by atoms with E-state index in [-0.39, 0.29) is 12.1 Å². The van der Waals surface area contributed by atoms with Crippen molar-refractivity contribution in [1.29, 1.82) is 0 Å². The van der Waals surface area contributed by atoms with E-state index in [0.717, 1.165) is 12.8 Å². The molecule has 1 aliphatic rings. The lowest BCUT2D eigenvalue weighted by Crippen LogP contribution is -2.36. The van der Waals surface area contributed by atoms with Crippen LogP contribution < -0.4 is 0 Å². The van der Waals surface area contributed by atoms with Crippen LogP contribution in [0.4, 0.5) is 0 Å². The lowest BCUT2D eigenvalue weighted by atomic mass is 9.75. The molecule has 5 heteroatoms. The van der Waals surface area contributed by atoms with Gasteiger partial charge in [0.05, 0.1) is 12.7 Å². The minimum absolute atomic E-state index is 0.0121. The summed E-state index contributed by atoms with van der Waals surface area (Å²) in [7, 11) is 0.